The highest BCUT2D eigenvalue weighted by Crippen LogP contribution is 2.16. The van der Waals surface area contributed by atoms with Gasteiger partial charge in [-0.05, 0) is 42.3 Å². The highest BCUT2D eigenvalue weighted by molar-refractivity contribution is 7.89. The van der Waals surface area contributed by atoms with E-state index < -0.39 is 10.0 Å². The van der Waals surface area contributed by atoms with E-state index in [4.69, 9.17) is 14.6 Å². The summed E-state index contributed by atoms with van der Waals surface area (Å²) in [6.45, 7) is 6.80. The van der Waals surface area contributed by atoms with Gasteiger partial charge in [-0.2, -0.15) is 0 Å². The Morgan fingerprint density at radius 1 is 1.20 bits per heavy atom. The van der Waals surface area contributed by atoms with Gasteiger partial charge in [0.15, 0.2) is 0 Å². The van der Waals surface area contributed by atoms with Gasteiger partial charge in [-0.3, -0.25) is 9.69 Å². The molecule has 0 atom stereocenters. The van der Waals surface area contributed by atoms with E-state index in [1.54, 1.807) is 13.0 Å². The summed E-state index contributed by atoms with van der Waals surface area (Å²) >= 11 is 0. The van der Waals surface area contributed by atoms with Crippen molar-refractivity contribution >= 4 is 15.9 Å². The maximum absolute atomic E-state index is 12.6. The van der Waals surface area contributed by atoms with Gasteiger partial charge in [0.05, 0.1) is 18.1 Å². The number of hydrogen-bond donors (Lipinski definition) is 2. The van der Waals surface area contributed by atoms with Gasteiger partial charge in [0.2, 0.25) is 10.0 Å². The first-order valence-corrected chi connectivity index (χ1v) is 11.3. The van der Waals surface area contributed by atoms with E-state index in [9.17, 15) is 13.2 Å². The molecule has 2 aromatic carbocycles. The van der Waals surface area contributed by atoms with Crippen molar-refractivity contribution in [3.05, 3.63) is 59.2 Å². The highest BCUT2D eigenvalue weighted by Gasteiger charge is 2.15. The largest absolute Gasteiger partial charge is 0.492 e. The lowest BCUT2D eigenvalue weighted by atomic mass is 10.1. The summed E-state index contributed by atoms with van der Waals surface area (Å²) in [5.41, 5.74) is 1.83. The van der Waals surface area contributed by atoms with Crippen LogP contribution in [0, 0.1) is 6.92 Å². The molecule has 0 saturated carbocycles. The van der Waals surface area contributed by atoms with Gasteiger partial charge in [-0.25, -0.2) is 13.6 Å². The normalized spacial score (nSPS) is 15.0. The first kappa shape index (κ1) is 22.2. The molecule has 1 amide bonds. The molecule has 3 rings (SSSR count). The molecule has 9 heteroatoms. The number of carbonyl (C=O) groups is 1. The first-order valence-electron chi connectivity index (χ1n) is 9.76. The van der Waals surface area contributed by atoms with Crippen LogP contribution in [0.1, 0.15) is 21.5 Å². The van der Waals surface area contributed by atoms with E-state index in [0.29, 0.717) is 18.7 Å². The van der Waals surface area contributed by atoms with Crippen LogP contribution in [0.4, 0.5) is 0 Å². The van der Waals surface area contributed by atoms with Crippen LogP contribution in [-0.2, 0) is 21.3 Å². The molecule has 1 fully saturated rings. The maximum atomic E-state index is 12.6. The summed E-state index contributed by atoms with van der Waals surface area (Å²) < 4.78 is 34.3. The van der Waals surface area contributed by atoms with Gasteiger partial charge in [0.1, 0.15) is 12.4 Å². The lowest BCUT2D eigenvalue weighted by molar-refractivity contribution is 0.0322. The monoisotopic (exact) mass is 433 g/mol. The minimum Gasteiger partial charge on any atom is -0.492 e. The fourth-order valence-electron chi connectivity index (χ4n) is 3.16. The van der Waals surface area contributed by atoms with Crippen molar-refractivity contribution in [2.45, 2.75) is 18.4 Å². The molecule has 1 aliphatic rings. The van der Waals surface area contributed by atoms with E-state index >= 15 is 0 Å². The summed E-state index contributed by atoms with van der Waals surface area (Å²) in [7, 11) is -3.87. The Hall–Kier alpha value is -2.46. The third kappa shape index (κ3) is 6.27. The van der Waals surface area contributed by atoms with Crippen LogP contribution in [0.25, 0.3) is 0 Å². The molecule has 30 heavy (non-hydrogen) atoms. The molecule has 162 valence electrons. The lowest BCUT2D eigenvalue weighted by Gasteiger charge is -2.26. The van der Waals surface area contributed by atoms with Crippen molar-refractivity contribution in [3.63, 3.8) is 0 Å². The predicted octanol–water partition coefficient (Wildman–Crippen LogP) is 1.28. The average Bonchev–Trinajstić information content (AvgIpc) is 2.72. The first-order chi connectivity index (χ1) is 14.3. The number of benzene rings is 2. The van der Waals surface area contributed by atoms with E-state index in [0.717, 1.165) is 44.2 Å². The fourth-order valence-corrected chi connectivity index (χ4v) is 3.70. The Labute approximate surface area is 177 Å². The van der Waals surface area contributed by atoms with Crippen LogP contribution < -0.4 is 15.2 Å². The third-order valence-corrected chi connectivity index (χ3v) is 5.82. The van der Waals surface area contributed by atoms with Crippen LogP contribution in [0.3, 0.4) is 0 Å². The summed E-state index contributed by atoms with van der Waals surface area (Å²) in [6.07, 6.45) is 0. The zero-order valence-electron chi connectivity index (χ0n) is 17.0. The molecule has 1 heterocycles. The Morgan fingerprint density at radius 3 is 2.70 bits per heavy atom. The summed E-state index contributed by atoms with van der Waals surface area (Å²) in [6, 6.07) is 11.8. The van der Waals surface area contributed by atoms with Crippen molar-refractivity contribution in [1.82, 2.24) is 10.2 Å². The minimum atomic E-state index is -3.87. The molecule has 0 unspecified atom stereocenters. The molecule has 0 spiro atoms. The molecule has 0 radical (unpaired) electrons. The Morgan fingerprint density at radius 2 is 1.97 bits per heavy atom. The molecule has 8 nitrogen and oxygen atoms in total. The molecule has 0 aliphatic carbocycles. The molecule has 0 aromatic heterocycles. The summed E-state index contributed by atoms with van der Waals surface area (Å²) in [5.74, 6) is 0.374. The molecule has 1 aliphatic heterocycles. The molecule has 3 N–H and O–H groups in total. The standard InChI is InChI=1S/C21H27N3O5S/c1-16-5-6-19(30(22,26)27)14-20(16)21(25)23-15-17-3-2-4-18(13-17)29-12-9-24-7-10-28-11-8-24/h2-6,13-14H,7-12,15H2,1H3,(H,23,25)(H2,22,26,27). The number of hydrogen-bond acceptors (Lipinski definition) is 6. The van der Waals surface area contributed by atoms with Crippen LogP contribution in [0.15, 0.2) is 47.4 Å². The molecular weight excluding hydrogens is 406 g/mol. The van der Waals surface area contributed by atoms with E-state index in [2.05, 4.69) is 10.2 Å². The fraction of sp³-hybridized carbons (Fsp3) is 0.381. The zero-order chi connectivity index (χ0) is 21.6. The number of amides is 1. The van der Waals surface area contributed by atoms with Crippen molar-refractivity contribution in [1.29, 1.82) is 0 Å². The van der Waals surface area contributed by atoms with Gasteiger partial charge < -0.3 is 14.8 Å². The Balaban J connectivity index is 1.55. The number of ether oxygens (including phenoxy) is 2. The van der Waals surface area contributed by atoms with E-state index in [1.807, 2.05) is 24.3 Å². The van der Waals surface area contributed by atoms with Gasteiger partial charge >= 0.3 is 0 Å². The Bertz CT molecular complexity index is 988. The van der Waals surface area contributed by atoms with E-state index in [1.165, 1.54) is 12.1 Å². The van der Waals surface area contributed by atoms with Crippen LogP contribution in [-0.4, -0.2) is 58.7 Å². The smallest absolute Gasteiger partial charge is 0.251 e. The Kier molecular flexibility index (Phi) is 7.43. The highest BCUT2D eigenvalue weighted by atomic mass is 32.2. The number of nitrogens with one attached hydrogen (secondary N) is 1. The number of nitrogens with zero attached hydrogens (tertiary/aromatic N) is 1. The number of carbonyl (C=O) groups excluding carboxylic acids is 1. The number of morpholine rings is 1. The second-order valence-electron chi connectivity index (χ2n) is 7.15. The molecular formula is C21H27N3O5S. The van der Waals surface area contributed by atoms with Crippen LogP contribution in [0.5, 0.6) is 5.75 Å². The molecule has 2 aromatic rings. The van der Waals surface area contributed by atoms with E-state index in [-0.39, 0.29) is 16.4 Å². The second-order valence-corrected chi connectivity index (χ2v) is 8.72. The quantitative estimate of drug-likeness (QED) is 0.649. The lowest BCUT2D eigenvalue weighted by Crippen LogP contribution is -2.38. The zero-order valence-corrected chi connectivity index (χ0v) is 17.8. The van der Waals surface area contributed by atoms with Gasteiger partial charge in [-0.15, -0.1) is 0 Å². The van der Waals surface area contributed by atoms with Gasteiger partial charge in [0, 0.05) is 31.7 Å². The second kappa shape index (κ2) is 10.0. The average molecular weight is 434 g/mol. The number of aryl methyl sites for hydroxylation is 1. The molecule has 1 saturated heterocycles. The third-order valence-electron chi connectivity index (χ3n) is 4.91. The predicted molar refractivity (Wildman–Crippen MR) is 113 cm³/mol. The minimum absolute atomic E-state index is 0.0890. The number of sulfonamides is 1. The topological polar surface area (TPSA) is 111 Å². The van der Waals surface area contributed by atoms with Crippen molar-refractivity contribution in [3.8, 4) is 5.75 Å². The van der Waals surface area contributed by atoms with Crippen molar-refractivity contribution in [2.24, 2.45) is 5.14 Å². The number of rotatable bonds is 8. The molecule has 0 bridgehead atoms. The van der Waals surface area contributed by atoms with Gasteiger partial charge in [0.25, 0.3) is 5.91 Å². The van der Waals surface area contributed by atoms with Crippen LogP contribution >= 0.6 is 0 Å². The van der Waals surface area contributed by atoms with Gasteiger partial charge in [-0.1, -0.05) is 18.2 Å². The summed E-state index contributed by atoms with van der Waals surface area (Å²) in [5, 5.41) is 7.98. The van der Waals surface area contributed by atoms with Crippen LogP contribution in [0.2, 0.25) is 0 Å². The summed E-state index contributed by atoms with van der Waals surface area (Å²) in [4.78, 5) is 14.8. The SMILES string of the molecule is Cc1ccc(S(N)(=O)=O)cc1C(=O)NCc1cccc(OCCN2CCOCC2)c1. The number of primary sulfonamides is 1. The van der Waals surface area contributed by atoms with Crippen molar-refractivity contribution < 1.29 is 22.7 Å². The maximum Gasteiger partial charge on any atom is 0.251 e. The number of nitrogens with two attached hydrogens (primary N) is 1. The van der Waals surface area contributed by atoms with Crippen molar-refractivity contribution in [2.75, 3.05) is 39.5 Å².